The molecule has 0 saturated carbocycles. The number of furan rings is 1. The Bertz CT molecular complexity index is 1150. The summed E-state index contributed by atoms with van der Waals surface area (Å²) in [6, 6.07) is 9.82. The molecule has 0 fully saturated rings. The summed E-state index contributed by atoms with van der Waals surface area (Å²) in [4.78, 5) is 11.6. The quantitative estimate of drug-likeness (QED) is 0.337. The molecule has 5 nitrogen and oxygen atoms in total. The first kappa shape index (κ1) is 17.9. The highest BCUT2D eigenvalue weighted by Crippen LogP contribution is 2.54. The minimum Gasteiger partial charge on any atom is -0.492 e. The standard InChI is InChI=1S/C24H22O5/c1-13(2)4-5-17-20(28-14(3)25)7-6-16-19-12-27-22-11-21-15(8-9-26-21)10-18(22)24(19)29-23(16)17/h4,6-11,19,24H,5,12H2,1-3H3. The second kappa shape index (κ2) is 6.69. The van der Waals surface area contributed by atoms with E-state index >= 15 is 0 Å². The van der Waals surface area contributed by atoms with Gasteiger partial charge in [0.15, 0.2) is 0 Å². The van der Waals surface area contributed by atoms with E-state index in [0.29, 0.717) is 18.8 Å². The monoisotopic (exact) mass is 390 g/mol. The van der Waals surface area contributed by atoms with Crippen LogP contribution in [0.15, 0.2) is 52.7 Å². The lowest BCUT2D eigenvalue weighted by Gasteiger charge is -2.27. The molecule has 148 valence electrons. The van der Waals surface area contributed by atoms with Gasteiger partial charge in [0, 0.05) is 35.1 Å². The lowest BCUT2D eigenvalue weighted by Crippen LogP contribution is -2.23. The van der Waals surface area contributed by atoms with E-state index in [-0.39, 0.29) is 18.0 Å². The lowest BCUT2D eigenvalue weighted by atomic mass is 9.88. The van der Waals surface area contributed by atoms with E-state index in [4.69, 9.17) is 18.6 Å². The number of rotatable bonds is 3. The Kier molecular flexibility index (Phi) is 4.12. The van der Waals surface area contributed by atoms with Crippen molar-refractivity contribution in [2.75, 3.05) is 6.61 Å². The molecule has 29 heavy (non-hydrogen) atoms. The summed E-state index contributed by atoms with van der Waals surface area (Å²) < 4.78 is 23.6. The molecule has 2 aliphatic heterocycles. The Morgan fingerprint density at radius 1 is 1.17 bits per heavy atom. The van der Waals surface area contributed by atoms with Gasteiger partial charge in [-0.2, -0.15) is 0 Å². The van der Waals surface area contributed by atoms with Crippen LogP contribution in [-0.4, -0.2) is 12.6 Å². The molecule has 2 unspecified atom stereocenters. The first-order valence-electron chi connectivity index (χ1n) is 9.79. The fourth-order valence-electron chi connectivity index (χ4n) is 4.17. The third-order valence-electron chi connectivity index (χ3n) is 5.54. The molecule has 0 spiro atoms. The van der Waals surface area contributed by atoms with Crippen molar-refractivity contribution < 1.29 is 23.4 Å². The van der Waals surface area contributed by atoms with E-state index < -0.39 is 0 Å². The zero-order valence-corrected chi connectivity index (χ0v) is 16.7. The van der Waals surface area contributed by atoms with Crippen molar-refractivity contribution in [1.82, 2.24) is 0 Å². The second-order valence-electron chi connectivity index (χ2n) is 7.84. The number of esters is 1. The van der Waals surface area contributed by atoms with Crippen molar-refractivity contribution in [1.29, 1.82) is 0 Å². The Morgan fingerprint density at radius 2 is 2.03 bits per heavy atom. The van der Waals surface area contributed by atoms with Gasteiger partial charge in [0.1, 0.15) is 28.9 Å². The maximum atomic E-state index is 11.6. The summed E-state index contributed by atoms with van der Waals surface area (Å²) >= 11 is 0. The number of carbonyl (C=O) groups is 1. The van der Waals surface area contributed by atoms with Gasteiger partial charge in [-0.25, -0.2) is 0 Å². The molecule has 0 bridgehead atoms. The summed E-state index contributed by atoms with van der Waals surface area (Å²) in [5, 5.41) is 1.03. The third kappa shape index (κ3) is 2.97. The Labute approximate surface area is 168 Å². The Balaban J connectivity index is 1.60. The molecule has 5 heteroatoms. The van der Waals surface area contributed by atoms with Gasteiger partial charge in [0.25, 0.3) is 0 Å². The molecule has 0 amide bonds. The number of benzene rings is 2. The summed E-state index contributed by atoms with van der Waals surface area (Å²) in [6.45, 7) is 6.05. The van der Waals surface area contributed by atoms with Crippen molar-refractivity contribution in [2.24, 2.45) is 0 Å². The minimum absolute atomic E-state index is 0.0960. The zero-order chi connectivity index (χ0) is 20.1. The average Bonchev–Trinajstić information content (AvgIpc) is 3.28. The number of fused-ring (bicyclic) bond motifs is 6. The predicted molar refractivity (Wildman–Crippen MR) is 109 cm³/mol. The molecule has 2 aliphatic rings. The summed E-state index contributed by atoms with van der Waals surface area (Å²) in [5.41, 5.74) is 5.02. The van der Waals surface area contributed by atoms with Crippen molar-refractivity contribution >= 4 is 16.9 Å². The van der Waals surface area contributed by atoms with E-state index in [0.717, 1.165) is 39.2 Å². The van der Waals surface area contributed by atoms with Crippen molar-refractivity contribution in [3.8, 4) is 17.2 Å². The highest BCUT2D eigenvalue weighted by atomic mass is 16.5. The SMILES string of the molecule is CC(=O)Oc1ccc2c(c1CC=C(C)C)OC1c3cc4ccoc4cc3OCC21. The van der Waals surface area contributed by atoms with Crippen molar-refractivity contribution in [3.63, 3.8) is 0 Å². The number of hydrogen-bond acceptors (Lipinski definition) is 5. The second-order valence-corrected chi connectivity index (χ2v) is 7.84. The number of hydrogen-bond donors (Lipinski definition) is 0. The van der Waals surface area contributed by atoms with Crippen LogP contribution in [0.5, 0.6) is 17.2 Å². The van der Waals surface area contributed by atoms with Crippen LogP contribution in [0.2, 0.25) is 0 Å². The van der Waals surface area contributed by atoms with E-state index in [2.05, 4.69) is 26.0 Å². The van der Waals surface area contributed by atoms with Gasteiger partial charge in [0.2, 0.25) is 0 Å². The van der Waals surface area contributed by atoms with Gasteiger partial charge >= 0.3 is 5.97 Å². The van der Waals surface area contributed by atoms with Gasteiger partial charge in [0.05, 0.1) is 18.8 Å². The number of ether oxygens (including phenoxy) is 3. The van der Waals surface area contributed by atoms with E-state index in [1.807, 2.05) is 24.3 Å². The maximum absolute atomic E-state index is 11.6. The average molecular weight is 390 g/mol. The lowest BCUT2D eigenvalue weighted by molar-refractivity contribution is -0.131. The fraction of sp³-hybridized carbons (Fsp3) is 0.292. The van der Waals surface area contributed by atoms with Crippen LogP contribution in [0.25, 0.3) is 11.0 Å². The highest BCUT2D eigenvalue weighted by molar-refractivity contribution is 5.80. The molecule has 0 aliphatic carbocycles. The molecule has 3 heterocycles. The van der Waals surface area contributed by atoms with Gasteiger partial charge in [-0.3, -0.25) is 4.79 Å². The first-order valence-corrected chi connectivity index (χ1v) is 9.79. The molecular weight excluding hydrogens is 368 g/mol. The Hall–Kier alpha value is -3.21. The molecule has 2 aromatic carbocycles. The molecule has 2 atom stereocenters. The summed E-state index contributed by atoms with van der Waals surface area (Å²) in [7, 11) is 0. The number of carbonyl (C=O) groups excluding carboxylic acids is 1. The van der Waals surface area contributed by atoms with E-state index in [1.165, 1.54) is 12.5 Å². The number of allylic oxidation sites excluding steroid dienone is 2. The van der Waals surface area contributed by atoms with Crippen LogP contribution < -0.4 is 14.2 Å². The van der Waals surface area contributed by atoms with Gasteiger partial charge in [-0.15, -0.1) is 0 Å². The maximum Gasteiger partial charge on any atom is 0.308 e. The van der Waals surface area contributed by atoms with Crippen LogP contribution in [0.3, 0.4) is 0 Å². The highest BCUT2D eigenvalue weighted by Gasteiger charge is 2.42. The first-order chi connectivity index (χ1) is 14.0. The fourth-order valence-corrected chi connectivity index (χ4v) is 4.17. The van der Waals surface area contributed by atoms with Crippen LogP contribution in [0, 0.1) is 0 Å². The van der Waals surface area contributed by atoms with Crippen LogP contribution in [-0.2, 0) is 11.2 Å². The van der Waals surface area contributed by atoms with Crippen LogP contribution in [0.1, 0.15) is 49.5 Å². The smallest absolute Gasteiger partial charge is 0.308 e. The normalized spacial score (nSPS) is 18.9. The van der Waals surface area contributed by atoms with E-state index in [1.54, 1.807) is 6.26 Å². The topological polar surface area (TPSA) is 57.9 Å². The van der Waals surface area contributed by atoms with Crippen molar-refractivity contribution in [3.05, 3.63) is 64.9 Å². The summed E-state index contributed by atoms with van der Waals surface area (Å²) in [6.07, 6.45) is 4.31. The van der Waals surface area contributed by atoms with Crippen LogP contribution in [0.4, 0.5) is 0 Å². The molecular formula is C24H22O5. The molecule has 5 rings (SSSR count). The molecule has 0 saturated heterocycles. The summed E-state index contributed by atoms with van der Waals surface area (Å²) in [5.74, 6) is 1.92. The molecule has 1 aromatic heterocycles. The third-order valence-corrected chi connectivity index (χ3v) is 5.54. The van der Waals surface area contributed by atoms with Crippen LogP contribution >= 0.6 is 0 Å². The van der Waals surface area contributed by atoms with Gasteiger partial charge in [-0.05, 0) is 38.5 Å². The van der Waals surface area contributed by atoms with Gasteiger partial charge < -0.3 is 18.6 Å². The minimum atomic E-state index is -0.338. The van der Waals surface area contributed by atoms with Crippen molar-refractivity contribution in [2.45, 2.75) is 39.2 Å². The molecule has 0 radical (unpaired) electrons. The molecule has 0 N–H and O–H groups in total. The predicted octanol–water partition coefficient (Wildman–Crippen LogP) is 5.48. The molecule has 3 aromatic rings. The van der Waals surface area contributed by atoms with E-state index in [9.17, 15) is 4.79 Å². The van der Waals surface area contributed by atoms with Gasteiger partial charge in [-0.1, -0.05) is 17.7 Å². The zero-order valence-electron chi connectivity index (χ0n) is 16.7. The largest absolute Gasteiger partial charge is 0.492 e. The Morgan fingerprint density at radius 3 is 2.83 bits per heavy atom.